The van der Waals surface area contributed by atoms with Gasteiger partial charge in [0.15, 0.2) is 0 Å². The molecular weight excluding hydrogens is 222 g/mol. The Balaban J connectivity index is 2.02. The van der Waals surface area contributed by atoms with Crippen molar-refractivity contribution in [3.8, 4) is 0 Å². The molecule has 1 aliphatic rings. The number of nitro groups is 1. The summed E-state index contributed by atoms with van der Waals surface area (Å²) in [6, 6.07) is 2.98. The molecule has 1 fully saturated rings. The molecule has 1 aromatic heterocycles. The predicted molar refractivity (Wildman–Crippen MR) is 62.8 cm³/mol. The topological polar surface area (TPSA) is 88.3 Å². The fourth-order valence-corrected chi connectivity index (χ4v) is 1.88. The smallest absolute Gasteiger partial charge is 0.311 e. The van der Waals surface area contributed by atoms with E-state index < -0.39 is 4.92 Å². The van der Waals surface area contributed by atoms with Gasteiger partial charge in [-0.2, -0.15) is 0 Å². The van der Waals surface area contributed by atoms with Crippen molar-refractivity contribution >= 4 is 11.5 Å². The first-order chi connectivity index (χ1) is 8.17. The zero-order valence-electron chi connectivity index (χ0n) is 9.43. The van der Waals surface area contributed by atoms with Crippen molar-refractivity contribution in [1.82, 2.24) is 4.98 Å². The lowest BCUT2D eigenvalue weighted by Gasteiger charge is -2.14. The maximum atomic E-state index is 10.8. The second-order valence-electron chi connectivity index (χ2n) is 4.46. The predicted octanol–water partition coefficient (Wildman–Crippen LogP) is 1.56. The van der Waals surface area contributed by atoms with E-state index in [1.807, 2.05) is 0 Å². The van der Waals surface area contributed by atoms with Crippen LogP contribution in [0.5, 0.6) is 0 Å². The van der Waals surface area contributed by atoms with E-state index in [1.54, 1.807) is 6.07 Å². The molecule has 0 amide bonds. The van der Waals surface area contributed by atoms with Crippen LogP contribution in [0.2, 0.25) is 0 Å². The van der Waals surface area contributed by atoms with Gasteiger partial charge < -0.3 is 10.4 Å². The van der Waals surface area contributed by atoms with E-state index in [0.29, 0.717) is 12.4 Å². The van der Waals surface area contributed by atoms with Gasteiger partial charge in [0.25, 0.3) is 0 Å². The van der Waals surface area contributed by atoms with Gasteiger partial charge in [0.05, 0.1) is 4.92 Å². The van der Waals surface area contributed by atoms with Gasteiger partial charge >= 0.3 is 5.69 Å². The second-order valence-corrected chi connectivity index (χ2v) is 4.46. The first kappa shape index (κ1) is 11.8. The van der Waals surface area contributed by atoms with Crippen molar-refractivity contribution in [2.45, 2.75) is 19.3 Å². The molecule has 0 bridgehead atoms. The fourth-order valence-electron chi connectivity index (χ4n) is 1.88. The highest BCUT2D eigenvalue weighted by Gasteiger charge is 2.41. The van der Waals surface area contributed by atoms with Gasteiger partial charge in [-0.3, -0.25) is 10.1 Å². The van der Waals surface area contributed by atoms with Crippen LogP contribution in [0.15, 0.2) is 18.3 Å². The first-order valence-electron chi connectivity index (χ1n) is 5.61. The van der Waals surface area contributed by atoms with Crippen molar-refractivity contribution in [2.24, 2.45) is 5.41 Å². The summed E-state index contributed by atoms with van der Waals surface area (Å²) in [6.45, 7) is 0.789. The zero-order valence-corrected chi connectivity index (χ0v) is 9.43. The van der Waals surface area contributed by atoms with Gasteiger partial charge in [0, 0.05) is 25.4 Å². The van der Waals surface area contributed by atoms with Crippen LogP contribution in [0.3, 0.4) is 0 Å². The van der Waals surface area contributed by atoms with E-state index in [4.69, 9.17) is 5.11 Å². The van der Waals surface area contributed by atoms with E-state index in [-0.39, 0.29) is 17.7 Å². The molecular formula is C11H15N3O3. The Labute approximate surface area is 98.8 Å². The monoisotopic (exact) mass is 237 g/mol. The highest BCUT2D eigenvalue weighted by Crippen LogP contribution is 2.48. The van der Waals surface area contributed by atoms with Crippen molar-refractivity contribution in [3.05, 3.63) is 28.4 Å². The average Bonchev–Trinajstić information content (AvgIpc) is 3.08. The lowest BCUT2D eigenvalue weighted by Crippen LogP contribution is -2.18. The number of nitrogens with one attached hydrogen (secondary N) is 1. The molecule has 0 saturated heterocycles. The van der Waals surface area contributed by atoms with Crippen LogP contribution < -0.4 is 5.32 Å². The second kappa shape index (κ2) is 4.67. The summed E-state index contributed by atoms with van der Waals surface area (Å²) in [4.78, 5) is 14.3. The largest absolute Gasteiger partial charge is 0.396 e. The van der Waals surface area contributed by atoms with E-state index in [2.05, 4.69) is 10.3 Å². The third kappa shape index (κ3) is 2.71. The number of hydrogen-bond donors (Lipinski definition) is 2. The summed E-state index contributed by atoms with van der Waals surface area (Å²) < 4.78 is 0. The molecule has 1 heterocycles. The van der Waals surface area contributed by atoms with Crippen LogP contribution in [0.4, 0.5) is 11.5 Å². The van der Waals surface area contributed by atoms with Gasteiger partial charge in [0.1, 0.15) is 0 Å². The molecule has 0 atom stereocenters. The van der Waals surface area contributed by atoms with Crippen molar-refractivity contribution in [3.63, 3.8) is 0 Å². The summed E-state index contributed by atoms with van der Waals surface area (Å²) in [6.07, 6.45) is 4.38. The Morgan fingerprint density at radius 3 is 2.94 bits per heavy atom. The molecule has 1 aliphatic carbocycles. The summed E-state index contributed by atoms with van der Waals surface area (Å²) in [7, 11) is 0. The maximum Gasteiger partial charge on any atom is 0.311 e. The summed E-state index contributed by atoms with van der Waals surface area (Å²) in [5.74, 6) is 0.307. The first-order valence-corrected chi connectivity index (χ1v) is 5.61. The molecule has 6 nitrogen and oxygen atoms in total. The summed E-state index contributed by atoms with van der Waals surface area (Å²) in [5.41, 5.74) is 0.104. The number of pyridine rings is 1. The molecule has 1 saturated carbocycles. The lowest BCUT2D eigenvalue weighted by molar-refractivity contribution is -0.384. The van der Waals surface area contributed by atoms with Crippen LogP contribution in [0.25, 0.3) is 0 Å². The highest BCUT2D eigenvalue weighted by atomic mass is 16.6. The molecule has 92 valence electrons. The van der Waals surface area contributed by atoms with E-state index in [9.17, 15) is 10.1 Å². The average molecular weight is 237 g/mol. The van der Waals surface area contributed by atoms with Crippen LogP contribution in [0.1, 0.15) is 19.3 Å². The van der Waals surface area contributed by atoms with E-state index >= 15 is 0 Å². The van der Waals surface area contributed by atoms with E-state index in [0.717, 1.165) is 19.3 Å². The van der Waals surface area contributed by atoms with Crippen LogP contribution in [-0.4, -0.2) is 28.2 Å². The van der Waals surface area contributed by atoms with Gasteiger partial charge in [-0.25, -0.2) is 4.98 Å². The molecule has 2 N–H and O–H groups in total. The molecule has 0 aliphatic heterocycles. The fraction of sp³-hybridized carbons (Fsp3) is 0.545. The van der Waals surface area contributed by atoms with Gasteiger partial charge in [-0.1, -0.05) is 0 Å². The molecule has 0 radical (unpaired) electrons. The Kier molecular flexibility index (Phi) is 3.23. The normalized spacial score (nSPS) is 16.5. The van der Waals surface area contributed by atoms with E-state index in [1.165, 1.54) is 12.3 Å². The third-order valence-corrected chi connectivity index (χ3v) is 3.21. The Hall–Kier alpha value is -1.69. The quantitative estimate of drug-likeness (QED) is 0.579. The number of rotatable bonds is 6. The third-order valence-electron chi connectivity index (χ3n) is 3.21. The Bertz CT molecular complexity index is 418. The molecule has 1 aromatic rings. The molecule has 0 aromatic carbocycles. The molecule has 2 rings (SSSR count). The minimum atomic E-state index is -0.444. The van der Waals surface area contributed by atoms with Crippen LogP contribution >= 0.6 is 0 Å². The number of aliphatic hydroxyl groups is 1. The maximum absolute atomic E-state index is 10.8. The standard InChI is InChI=1S/C11H15N3O3/c15-7-5-11(3-4-11)8-13-10-9(14(16)17)2-1-6-12-10/h1-2,6,15H,3-5,7-8H2,(H,12,13). The number of nitrogens with zero attached hydrogens (tertiary/aromatic N) is 2. The van der Waals surface area contributed by atoms with Crippen molar-refractivity contribution in [1.29, 1.82) is 0 Å². The van der Waals surface area contributed by atoms with Crippen LogP contribution in [-0.2, 0) is 0 Å². The zero-order chi connectivity index (χ0) is 12.3. The van der Waals surface area contributed by atoms with Crippen molar-refractivity contribution < 1.29 is 10.0 Å². The lowest BCUT2D eigenvalue weighted by atomic mass is 10.0. The van der Waals surface area contributed by atoms with Gasteiger partial charge in [-0.05, 0) is 30.7 Å². The van der Waals surface area contributed by atoms with Gasteiger partial charge in [-0.15, -0.1) is 0 Å². The minimum Gasteiger partial charge on any atom is -0.396 e. The SMILES string of the molecule is O=[N+]([O-])c1cccnc1NCC1(CCO)CC1. The number of anilines is 1. The highest BCUT2D eigenvalue weighted by molar-refractivity contribution is 5.55. The number of aromatic nitrogens is 1. The minimum absolute atomic E-state index is 0.00713. The van der Waals surface area contributed by atoms with Crippen molar-refractivity contribution in [2.75, 3.05) is 18.5 Å². The Morgan fingerprint density at radius 1 is 1.59 bits per heavy atom. The molecule has 0 spiro atoms. The Morgan fingerprint density at radius 2 is 2.35 bits per heavy atom. The molecule has 6 heteroatoms. The summed E-state index contributed by atoms with van der Waals surface area (Å²) in [5, 5.41) is 22.7. The molecule has 17 heavy (non-hydrogen) atoms. The summed E-state index contributed by atoms with van der Waals surface area (Å²) >= 11 is 0. The molecule has 0 unspecified atom stereocenters. The number of hydrogen-bond acceptors (Lipinski definition) is 5. The van der Waals surface area contributed by atoms with Crippen LogP contribution in [0, 0.1) is 15.5 Å². The number of aliphatic hydroxyl groups excluding tert-OH is 1. The van der Waals surface area contributed by atoms with Gasteiger partial charge in [0.2, 0.25) is 5.82 Å².